The highest BCUT2D eigenvalue weighted by atomic mass is 32.2. The van der Waals surface area contributed by atoms with E-state index in [1.54, 1.807) is 18.9 Å². The molecule has 0 aliphatic rings. The van der Waals surface area contributed by atoms with Gasteiger partial charge in [-0.25, -0.2) is 4.68 Å². The Morgan fingerprint density at radius 3 is 2.53 bits per heavy atom. The number of methoxy groups -OCH3 is 1. The summed E-state index contributed by atoms with van der Waals surface area (Å²) >= 11 is 1.69. The van der Waals surface area contributed by atoms with Crippen molar-refractivity contribution in [3.05, 3.63) is 72.6 Å². The first kappa shape index (κ1) is 20.2. The third kappa shape index (κ3) is 4.57. The summed E-state index contributed by atoms with van der Waals surface area (Å²) in [5, 5.41) is 14.4. The van der Waals surface area contributed by atoms with Gasteiger partial charge in [-0.3, -0.25) is 0 Å². The van der Waals surface area contributed by atoms with Crippen LogP contribution in [-0.2, 0) is 12.3 Å². The number of thioether (sulfide) groups is 1. The van der Waals surface area contributed by atoms with Crippen LogP contribution in [0.5, 0.6) is 5.75 Å². The van der Waals surface area contributed by atoms with E-state index in [4.69, 9.17) is 4.74 Å². The molecule has 0 saturated carbocycles. The molecule has 0 radical (unpaired) electrons. The quantitative estimate of drug-likeness (QED) is 0.348. The van der Waals surface area contributed by atoms with E-state index >= 15 is 0 Å². The largest absolute Gasteiger partial charge is 0.497 e. The van der Waals surface area contributed by atoms with Crippen LogP contribution in [-0.4, -0.2) is 31.7 Å². The van der Waals surface area contributed by atoms with Crippen molar-refractivity contribution in [1.82, 2.24) is 24.5 Å². The molecular formula is C23H25N5OS. The van der Waals surface area contributed by atoms with Gasteiger partial charge in [0, 0.05) is 29.6 Å². The second kappa shape index (κ2) is 9.63. The molecule has 4 rings (SSSR count). The molecule has 6 nitrogen and oxygen atoms in total. The highest BCUT2D eigenvalue weighted by molar-refractivity contribution is 7.98. The Morgan fingerprint density at radius 1 is 1.00 bits per heavy atom. The SMILES string of the molecule is CCCCn1c(SCc2cnn(-c3ccccc3)c2)nnc1-c1ccc(OC)cc1. The van der Waals surface area contributed by atoms with Gasteiger partial charge in [-0.15, -0.1) is 10.2 Å². The van der Waals surface area contributed by atoms with Crippen molar-refractivity contribution in [3.8, 4) is 22.8 Å². The zero-order valence-corrected chi connectivity index (χ0v) is 18.0. The zero-order chi connectivity index (χ0) is 20.8. The molecule has 4 aromatic rings. The van der Waals surface area contributed by atoms with E-state index in [-0.39, 0.29) is 0 Å². The van der Waals surface area contributed by atoms with Gasteiger partial charge in [-0.05, 0) is 42.8 Å². The smallest absolute Gasteiger partial charge is 0.191 e. The second-order valence-electron chi connectivity index (χ2n) is 6.96. The number of ether oxygens (including phenoxy) is 1. The summed E-state index contributed by atoms with van der Waals surface area (Å²) in [6, 6.07) is 18.1. The minimum Gasteiger partial charge on any atom is -0.497 e. The number of unbranched alkanes of at least 4 members (excludes halogenated alkanes) is 1. The van der Waals surface area contributed by atoms with Crippen molar-refractivity contribution in [2.45, 2.75) is 37.2 Å². The Balaban J connectivity index is 1.52. The first-order valence-corrected chi connectivity index (χ1v) is 11.1. The van der Waals surface area contributed by atoms with Crippen LogP contribution >= 0.6 is 11.8 Å². The summed E-state index contributed by atoms with van der Waals surface area (Å²) in [6.07, 6.45) is 6.19. The summed E-state index contributed by atoms with van der Waals surface area (Å²) in [4.78, 5) is 0. The topological polar surface area (TPSA) is 57.8 Å². The minimum absolute atomic E-state index is 0.791. The van der Waals surface area contributed by atoms with E-state index in [0.717, 1.165) is 58.7 Å². The van der Waals surface area contributed by atoms with E-state index in [1.165, 1.54) is 0 Å². The molecule has 0 fully saturated rings. The van der Waals surface area contributed by atoms with Gasteiger partial charge in [-0.2, -0.15) is 5.10 Å². The van der Waals surface area contributed by atoms with Crippen molar-refractivity contribution in [1.29, 1.82) is 0 Å². The van der Waals surface area contributed by atoms with Gasteiger partial charge < -0.3 is 9.30 Å². The lowest BCUT2D eigenvalue weighted by Gasteiger charge is -2.10. The van der Waals surface area contributed by atoms with Crippen LogP contribution in [0.2, 0.25) is 0 Å². The minimum atomic E-state index is 0.791. The molecule has 30 heavy (non-hydrogen) atoms. The number of para-hydroxylation sites is 1. The first-order chi connectivity index (χ1) is 14.8. The maximum absolute atomic E-state index is 5.27. The maximum Gasteiger partial charge on any atom is 0.191 e. The number of benzene rings is 2. The van der Waals surface area contributed by atoms with Crippen LogP contribution in [0.25, 0.3) is 17.1 Å². The second-order valence-corrected chi connectivity index (χ2v) is 7.90. The van der Waals surface area contributed by atoms with E-state index < -0.39 is 0 Å². The number of rotatable bonds is 9. The lowest BCUT2D eigenvalue weighted by Crippen LogP contribution is -2.02. The molecule has 0 saturated heterocycles. The van der Waals surface area contributed by atoms with Gasteiger partial charge in [0.05, 0.1) is 19.0 Å². The van der Waals surface area contributed by atoms with Gasteiger partial charge in [0.15, 0.2) is 11.0 Å². The molecule has 0 amide bonds. The maximum atomic E-state index is 5.27. The average molecular weight is 420 g/mol. The highest BCUT2D eigenvalue weighted by Gasteiger charge is 2.15. The fraction of sp³-hybridized carbons (Fsp3) is 0.261. The lowest BCUT2D eigenvalue weighted by molar-refractivity contribution is 0.415. The predicted molar refractivity (Wildman–Crippen MR) is 120 cm³/mol. The Kier molecular flexibility index (Phi) is 6.49. The fourth-order valence-corrected chi connectivity index (χ4v) is 4.05. The number of aromatic nitrogens is 5. The van der Waals surface area contributed by atoms with E-state index in [1.807, 2.05) is 65.5 Å². The molecule has 0 unspecified atom stereocenters. The van der Waals surface area contributed by atoms with Crippen LogP contribution in [0.3, 0.4) is 0 Å². The standard InChI is InChI=1S/C23H25N5OS/c1-3-4-14-27-22(19-10-12-21(29-2)13-11-19)25-26-23(27)30-17-18-15-24-28(16-18)20-8-6-5-7-9-20/h5-13,15-16H,3-4,14,17H2,1-2H3. The van der Waals surface area contributed by atoms with Crippen LogP contribution in [0.15, 0.2) is 72.1 Å². The molecule has 0 N–H and O–H groups in total. The summed E-state index contributed by atoms with van der Waals surface area (Å²) in [7, 11) is 1.67. The van der Waals surface area contributed by atoms with E-state index in [9.17, 15) is 0 Å². The van der Waals surface area contributed by atoms with Crippen LogP contribution in [0.1, 0.15) is 25.3 Å². The Bertz CT molecular complexity index is 1070. The van der Waals surface area contributed by atoms with Crippen LogP contribution in [0, 0.1) is 0 Å². The lowest BCUT2D eigenvalue weighted by atomic mass is 10.2. The number of hydrogen-bond acceptors (Lipinski definition) is 5. The normalized spacial score (nSPS) is 11.0. The third-order valence-electron chi connectivity index (χ3n) is 4.83. The summed E-state index contributed by atoms with van der Waals surface area (Å²) in [5.41, 5.74) is 3.25. The van der Waals surface area contributed by atoms with E-state index in [0.29, 0.717) is 0 Å². The molecular weight excluding hydrogens is 394 g/mol. The molecule has 0 aliphatic carbocycles. The molecule has 7 heteroatoms. The van der Waals surface area contributed by atoms with Crippen molar-refractivity contribution in [3.63, 3.8) is 0 Å². The Labute approximate surface area is 180 Å². The van der Waals surface area contributed by atoms with Gasteiger partial charge in [0.1, 0.15) is 5.75 Å². The van der Waals surface area contributed by atoms with Crippen molar-refractivity contribution < 1.29 is 4.74 Å². The van der Waals surface area contributed by atoms with Crippen molar-refractivity contribution >= 4 is 11.8 Å². The van der Waals surface area contributed by atoms with Gasteiger partial charge in [0.2, 0.25) is 0 Å². The first-order valence-electron chi connectivity index (χ1n) is 10.1. The molecule has 2 aromatic carbocycles. The zero-order valence-electron chi connectivity index (χ0n) is 17.2. The summed E-state index contributed by atoms with van der Waals surface area (Å²) < 4.78 is 9.40. The molecule has 0 aliphatic heterocycles. The number of hydrogen-bond donors (Lipinski definition) is 0. The van der Waals surface area contributed by atoms with Gasteiger partial charge >= 0.3 is 0 Å². The predicted octanol–water partition coefficient (Wildman–Crippen LogP) is 5.23. The average Bonchev–Trinajstić information content (AvgIpc) is 3.44. The van der Waals surface area contributed by atoms with Crippen LogP contribution < -0.4 is 4.74 Å². The van der Waals surface area contributed by atoms with Gasteiger partial charge in [-0.1, -0.05) is 43.3 Å². The molecule has 154 valence electrons. The molecule has 2 aromatic heterocycles. The molecule has 0 spiro atoms. The molecule has 0 bridgehead atoms. The summed E-state index contributed by atoms with van der Waals surface area (Å²) in [5.74, 6) is 2.52. The highest BCUT2D eigenvalue weighted by Crippen LogP contribution is 2.28. The third-order valence-corrected chi connectivity index (χ3v) is 5.86. The monoisotopic (exact) mass is 419 g/mol. The Morgan fingerprint density at radius 2 is 1.80 bits per heavy atom. The molecule has 0 atom stereocenters. The van der Waals surface area contributed by atoms with Gasteiger partial charge in [0.25, 0.3) is 0 Å². The summed E-state index contributed by atoms with van der Waals surface area (Å²) in [6.45, 7) is 3.10. The van der Waals surface area contributed by atoms with Crippen molar-refractivity contribution in [2.24, 2.45) is 0 Å². The van der Waals surface area contributed by atoms with Crippen LogP contribution in [0.4, 0.5) is 0 Å². The fourth-order valence-electron chi connectivity index (χ4n) is 3.17. The Hall–Kier alpha value is -3.06. The van der Waals surface area contributed by atoms with E-state index in [2.05, 4.69) is 33.0 Å². The number of nitrogens with zero attached hydrogens (tertiary/aromatic N) is 5. The molecule has 2 heterocycles. The van der Waals surface area contributed by atoms with Crippen molar-refractivity contribution in [2.75, 3.05) is 7.11 Å².